The van der Waals surface area contributed by atoms with Crippen LogP contribution in [0.4, 0.5) is 0 Å². The first-order chi connectivity index (χ1) is 7.11. The van der Waals surface area contributed by atoms with Crippen molar-refractivity contribution in [2.45, 2.75) is 25.6 Å². The summed E-state index contributed by atoms with van der Waals surface area (Å²) >= 11 is 6.21. The van der Waals surface area contributed by atoms with Crippen LogP contribution in [-0.4, -0.2) is 21.2 Å². The van der Waals surface area contributed by atoms with Gasteiger partial charge >= 0.3 is 29.6 Å². The summed E-state index contributed by atoms with van der Waals surface area (Å²) in [5.74, 6) is -0.0772. The average molecular weight is 263 g/mol. The van der Waals surface area contributed by atoms with E-state index in [1.807, 2.05) is 13.8 Å². The number of hydrogen-bond acceptors (Lipinski definition) is 4. The third-order valence-electron chi connectivity index (χ3n) is 2.55. The van der Waals surface area contributed by atoms with Gasteiger partial charge in [0.2, 0.25) is 0 Å². The zero-order chi connectivity index (χ0) is 11.2. The van der Waals surface area contributed by atoms with Crippen LogP contribution in [0.5, 0.6) is 0 Å². The monoisotopic (exact) mass is 263 g/mol. The van der Waals surface area contributed by atoms with E-state index in [9.17, 15) is 9.90 Å². The molecule has 2 heterocycles. The Morgan fingerprint density at radius 2 is 2.31 bits per heavy atom. The van der Waals surface area contributed by atoms with Gasteiger partial charge in [-0.3, -0.25) is 9.69 Å². The molecule has 1 unspecified atom stereocenters. The molecule has 0 bridgehead atoms. The van der Waals surface area contributed by atoms with E-state index in [1.54, 1.807) is 17.8 Å². The second kappa shape index (κ2) is 5.23. The molecule has 0 saturated carbocycles. The molecule has 2 aliphatic rings. The number of thiocarbonyl (C=S) groups is 1. The fraction of sp³-hybridized carbons (Fsp3) is 0.400. The maximum atomic E-state index is 11.7. The molecule has 1 saturated heterocycles. The second-order valence-electron chi connectivity index (χ2n) is 3.30. The van der Waals surface area contributed by atoms with Crippen molar-refractivity contribution in [1.82, 2.24) is 4.90 Å². The van der Waals surface area contributed by atoms with Gasteiger partial charge in [-0.25, -0.2) is 0 Å². The molecule has 0 radical (unpaired) electrons. The van der Waals surface area contributed by atoms with Crippen molar-refractivity contribution >= 4 is 34.9 Å². The number of nitrogens with zero attached hydrogens (tertiary/aromatic N) is 1. The Hall–Kier alpha value is 0.190. The van der Waals surface area contributed by atoms with Crippen molar-refractivity contribution < 1.29 is 39.5 Å². The number of carbonyl (C=O) groups excluding carboxylic acids is 1. The Labute approximate surface area is 126 Å². The Balaban J connectivity index is 0.00000128. The summed E-state index contributed by atoms with van der Waals surface area (Å²) in [5.41, 5.74) is 1.20. The maximum absolute atomic E-state index is 11.7. The SMILES string of the molecule is C/C=C1/C(=O)N2C(C([O-])=S)=C(CC)SC12.[Na+]. The van der Waals surface area contributed by atoms with Gasteiger partial charge in [0.05, 0.1) is 5.70 Å². The minimum atomic E-state index is -0.426. The van der Waals surface area contributed by atoms with Crippen LogP contribution in [0.15, 0.2) is 22.3 Å². The van der Waals surface area contributed by atoms with Gasteiger partial charge in [-0.1, -0.05) is 37.0 Å². The van der Waals surface area contributed by atoms with Gasteiger partial charge in [-0.05, 0) is 18.4 Å². The molecular weight excluding hydrogens is 253 g/mol. The van der Waals surface area contributed by atoms with E-state index in [0.29, 0.717) is 5.70 Å². The van der Waals surface area contributed by atoms with Gasteiger partial charge in [0.1, 0.15) is 5.37 Å². The number of β-lactam (4-membered cyclic amide) rings is 1. The molecule has 1 atom stereocenters. The van der Waals surface area contributed by atoms with Crippen molar-refractivity contribution in [1.29, 1.82) is 0 Å². The zero-order valence-electron chi connectivity index (χ0n) is 9.44. The summed E-state index contributed by atoms with van der Waals surface area (Å²) in [5, 5.41) is 10.8. The quantitative estimate of drug-likeness (QED) is 0.254. The van der Waals surface area contributed by atoms with E-state index in [4.69, 9.17) is 0 Å². The molecule has 0 aromatic rings. The largest absolute Gasteiger partial charge is 1.00 e. The van der Waals surface area contributed by atoms with Gasteiger partial charge in [0.25, 0.3) is 5.91 Å². The third-order valence-corrected chi connectivity index (χ3v) is 4.20. The van der Waals surface area contributed by atoms with Crippen LogP contribution in [0.2, 0.25) is 0 Å². The van der Waals surface area contributed by atoms with Crippen molar-refractivity contribution in [3.8, 4) is 0 Å². The summed E-state index contributed by atoms with van der Waals surface area (Å²) < 4.78 is 0. The van der Waals surface area contributed by atoms with Crippen molar-refractivity contribution in [2.24, 2.45) is 0 Å². The second-order valence-corrected chi connectivity index (χ2v) is 4.85. The normalized spacial score (nSPS) is 25.4. The third kappa shape index (κ3) is 1.88. The molecule has 2 aliphatic heterocycles. The van der Waals surface area contributed by atoms with Gasteiger partial charge < -0.3 is 5.11 Å². The van der Waals surface area contributed by atoms with Gasteiger partial charge in [0.15, 0.2) is 0 Å². The van der Waals surface area contributed by atoms with Crippen LogP contribution in [0.3, 0.4) is 0 Å². The van der Waals surface area contributed by atoms with Crippen LogP contribution >= 0.6 is 24.0 Å². The van der Waals surface area contributed by atoms with E-state index < -0.39 is 5.05 Å². The standard InChI is InChI=1S/C10H11NO2S2.Na/c1-3-5-8(12)11-7(10(13)14)6(4-2)15-9(5)11;/h3,9H,4H2,1-2H3,(H,13,14);/q;+1/p-1/b5-3-;. The van der Waals surface area contributed by atoms with Gasteiger partial charge in [-0.15, -0.1) is 0 Å². The van der Waals surface area contributed by atoms with Crippen molar-refractivity contribution in [3.05, 3.63) is 22.3 Å². The zero-order valence-corrected chi connectivity index (χ0v) is 13.1. The molecule has 2 rings (SSSR count). The summed E-state index contributed by atoms with van der Waals surface area (Å²) in [4.78, 5) is 14.1. The van der Waals surface area contributed by atoms with E-state index in [0.717, 1.165) is 16.9 Å². The first-order valence-corrected chi connectivity index (χ1v) is 6.01. The fourth-order valence-electron chi connectivity index (χ4n) is 1.81. The number of rotatable bonds is 2. The number of amides is 1. The van der Waals surface area contributed by atoms with Crippen LogP contribution in [0.25, 0.3) is 0 Å². The molecular formula is C10H10NNaO2S2. The Bertz CT molecular complexity index is 417. The molecule has 16 heavy (non-hydrogen) atoms. The Morgan fingerprint density at radius 3 is 2.75 bits per heavy atom. The average Bonchev–Trinajstić information content (AvgIpc) is 2.53. The van der Waals surface area contributed by atoms with Crippen molar-refractivity contribution in [3.63, 3.8) is 0 Å². The van der Waals surface area contributed by atoms with E-state index >= 15 is 0 Å². The first-order valence-electron chi connectivity index (χ1n) is 4.72. The molecule has 1 amide bonds. The van der Waals surface area contributed by atoms with Crippen LogP contribution < -0.4 is 34.7 Å². The number of allylic oxidation sites excluding steroid dienone is 2. The summed E-state index contributed by atoms with van der Waals surface area (Å²) in [6, 6.07) is 0. The summed E-state index contributed by atoms with van der Waals surface area (Å²) in [7, 11) is 0. The van der Waals surface area contributed by atoms with E-state index in [2.05, 4.69) is 12.2 Å². The van der Waals surface area contributed by atoms with Crippen LogP contribution in [0, 0.1) is 0 Å². The van der Waals surface area contributed by atoms with Crippen molar-refractivity contribution in [2.75, 3.05) is 0 Å². The van der Waals surface area contributed by atoms with E-state index in [-0.39, 0.29) is 40.8 Å². The van der Waals surface area contributed by atoms with Gasteiger partial charge in [-0.2, -0.15) is 0 Å². The van der Waals surface area contributed by atoms with Crippen LogP contribution in [-0.2, 0) is 4.79 Å². The predicted molar refractivity (Wildman–Crippen MR) is 61.9 cm³/mol. The number of carbonyl (C=O) groups is 1. The topological polar surface area (TPSA) is 43.4 Å². The summed E-state index contributed by atoms with van der Waals surface area (Å²) in [6.45, 7) is 3.80. The number of thioether (sulfide) groups is 1. The molecule has 0 spiro atoms. The summed E-state index contributed by atoms with van der Waals surface area (Å²) in [6.07, 6.45) is 2.56. The van der Waals surface area contributed by atoms with Crippen LogP contribution in [0.1, 0.15) is 20.3 Å². The molecule has 1 fully saturated rings. The molecule has 80 valence electrons. The predicted octanol–water partition coefficient (Wildman–Crippen LogP) is -1.84. The molecule has 0 aromatic heterocycles. The number of hydrogen-bond donors (Lipinski definition) is 0. The fourth-order valence-corrected chi connectivity index (χ4v) is 3.51. The Morgan fingerprint density at radius 1 is 1.69 bits per heavy atom. The minimum absolute atomic E-state index is 0. The Kier molecular flexibility index (Phi) is 4.66. The van der Waals surface area contributed by atoms with Gasteiger partial charge in [0, 0.05) is 10.5 Å². The molecule has 6 heteroatoms. The molecule has 0 aliphatic carbocycles. The first kappa shape index (κ1) is 14.3. The minimum Gasteiger partial charge on any atom is -0.863 e. The van der Waals surface area contributed by atoms with E-state index in [1.165, 1.54) is 4.90 Å². The number of fused-ring (bicyclic) bond motifs is 1. The molecule has 0 aromatic carbocycles. The maximum Gasteiger partial charge on any atom is 1.00 e. The molecule has 0 N–H and O–H groups in total. The smallest absolute Gasteiger partial charge is 0.863 e. The molecule has 3 nitrogen and oxygen atoms in total.